The maximum absolute atomic E-state index is 12.9. The number of carbonyl (C=O) groups excluding carboxylic acids is 3. The Bertz CT molecular complexity index is 1270. The van der Waals surface area contributed by atoms with Crippen molar-refractivity contribution in [3.05, 3.63) is 71.6 Å². The highest BCUT2D eigenvalue weighted by molar-refractivity contribution is 6.38. The Morgan fingerprint density at radius 2 is 1.61 bits per heavy atom. The van der Waals surface area contributed by atoms with E-state index in [0.717, 1.165) is 17.0 Å². The zero-order valence-corrected chi connectivity index (χ0v) is 16.4. The largest absolute Gasteiger partial charge is 0.416 e. The minimum atomic E-state index is -4.49. The summed E-state index contributed by atoms with van der Waals surface area (Å²) in [4.78, 5) is 38.6. The van der Waals surface area contributed by atoms with Crippen LogP contribution >= 0.6 is 0 Å². The van der Waals surface area contributed by atoms with E-state index in [2.05, 4.69) is 5.32 Å². The van der Waals surface area contributed by atoms with Gasteiger partial charge in [0.2, 0.25) is 5.91 Å². The number of hydrogen-bond donors (Lipinski definition) is 1. The van der Waals surface area contributed by atoms with Gasteiger partial charge in [0, 0.05) is 36.8 Å². The van der Waals surface area contributed by atoms with Crippen LogP contribution in [0.4, 0.5) is 18.9 Å². The molecule has 0 unspecified atom stereocenters. The number of anilines is 1. The average Bonchev–Trinajstić information content (AvgIpc) is 3.20. The van der Waals surface area contributed by atoms with E-state index in [0.29, 0.717) is 16.5 Å². The molecule has 0 saturated carbocycles. The molecule has 0 fully saturated rings. The molecule has 0 spiro atoms. The zero-order valence-electron chi connectivity index (χ0n) is 16.4. The lowest BCUT2D eigenvalue weighted by Gasteiger charge is -2.11. The number of fused-ring (bicyclic) bond motifs is 1. The van der Waals surface area contributed by atoms with Gasteiger partial charge in [0.05, 0.1) is 16.7 Å². The van der Waals surface area contributed by atoms with Gasteiger partial charge in [-0.1, -0.05) is 18.2 Å². The second-order valence-electron chi connectivity index (χ2n) is 7.07. The number of halogens is 3. The second kappa shape index (κ2) is 7.12. The van der Waals surface area contributed by atoms with E-state index in [1.54, 1.807) is 24.3 Å². The minimum absolute atomic E-state index is 0.0450. The van der Waals surface area contributed by atoms with Crippen molar-refractivity contribution in [3.8, 4) is 0 Å². The molecule has 2 aromatic carbocycles. The monoisotopic (exact) mass is 427 g/mol. The molecular formula is C22H16F3N3O3. The predicted octanol–water partition coefficient (Wildman–Crippen LogP) is 4.14. The molecule has 3 aromatic rings. The van der Waals surface area contributed by atoms with Gasteiger partial charge in [0.25, 0.3) is 11.8 Å². The summed E-state index contributed by atoms with van der Waals surface area (Å²) in [6.45, 7) is 1.37. The van der Waals surface area contributed by atoms with Crippen LogP contribution in [0.15, 0.2) is 60.4 Å². The van der Waals surface area contributed by atoms with Crippen molar-refractivity contribution in [3.63, 3.8) is 0 Å². The molecule has 4 rings (SSSR count). The number of para-hydroxylation sites is 1. The van der Waals surface area contributed by atoms with Crippen molar-refractivity contribution in [2.75, 3.05) is 12.4 Å². The van der Waals surface area contributed by atoms with Crippen molar-refractivity contribution in [2.45, 2.75) is 13.1 Å². The molecule has 9 heteroatoms. The smallest absolute Gasteiger partial charge is 0.350 e. The molecule has 1 aliphatic rings. The Kier molecular flexibility index (Phi) is 4.68. The summed E-state index contributed by atoms with van der Waals surface area (Å²) < 4.78 is 39.8. The Morgan fingerprint density at radius 1 is 0.968 bits per heavy atom. The molecule has 2 heterocycles. The van der Waals surface area contributed by atoms with Crippen molar-refractivity contribution in [1.29, 1.82) is 0 Å². The molecule has 1 N–H and O–H groups in total. The van der Waals surface area contributed by atoms with Crippen LogP contribution in [0.3, 0.4) is 0 Å². The predicted molar refractivity (Wildman–Crippen MR) is 108 cm³/mol. The molecule has 1 aromatic heterocycles. The first kappa shape index (κ1) is 20.4. The molecule has 0 bridgehead atoms. The summed E-state index contributed by atoms with van der Waals surface area (Å²) in [5.74, 6) is -1.48. The first-order valence-electron chi connectivity index (χ1n) is 9.22. The number of rotatable bonds is 3. The highest BCUT2D eigenvalue weighted by Crippen LogP contribution is 2.35. The van der Waals surface area contributed by atoms with Gasteiger partial charge in [-0.05, 0) is 30.3 Å². The van der Waals surface area contributed by atoms with Gasteiger partial charge in [-0.15, -0.1) is 0 Å². The van der Waals surface area contributed by atoms with Crippen molar-refractivity contribution >= 4 is 39.9 Å². The van der Waals surface area contributed by atoms with Gasteiger partial charge >= 0.3 is 6.18 Å². The van der Waals surface area contributed by atoms with Gasteiger partial charge in [0.15, 0.2) is 0 Å². The first-order valence-corrected chi connectivity index (χ1v) is 9.22. The lowest BCUT2D eigenvalue weighted by atomic mass is 10.0. The summed E-state index contributed by atoms with van der Waals surface area (Å²) in [7, 11) is 1.32. The molecule has 31 heavy (non-hydrogen) atoms. The normalized spacial score (nSPS) is 14.7. The maximum atomic E-state index is 12.9. The summed E-state index contributed by atoms with van der Waals surface area (Å²) in [6.07, 6.45) is -3.00. The van der Waals surface area contributed by atoms with E-state index in [1.165, 1.54) is 36.9 Å². The number of hydrogen-bond acceptors (Lipinski definition) is 4. The van der Waals surface area contributed by atoms with Crippen molar-refractivity contribution in [1.82, 2.24) is 9.47 Å². The fourth-order valence-electron chi connectivity index (χ4n) is 3.53. The van der Waals surface area contributed by atoms with E-state index in [4.69, 9.17) is 0 Å². The van der Waals surface area contributed by atoms with Crippen LogP contribution in [0, 0.1) is 0 Å². The second-order valence-corrected chi connectivity index (χ2v) is 7.07. The van der Waals surface area contributed by atoms with E-state index in [1.807, 2.05) is 0 Å². The summed E-state index contributed by atoms with van der Waals surface area (Å²) in [6, 6.07) is 11.1. The van der Waals surface area contributed by atoms with Crippen molar-refractivity contribution < 1.29 is 27.6 Å². The topological polar surface area (TPSA) is 71.4 Å². The molecule has 1 aliphatic heterocycles. The number of alkyl halides is 3. The van der Waals surface area contributed by atoms with Crippen LogP contribution in [0.5, 0.6) is 0 Å². The number of imide groups is 1. The standard InChI is InChI=1S/C22H16F3N3O3/c1-12(29)28-11-16(15-5-3-4-6-17(15)28)18-19(21(31)27(2)20(18)30)26-14-9-7-13(8-10-14)22(23,24)25/h3-11,26H,1-2H3. The number of carbonyl (C=O) groups is 3. The third kappa shape index (κ3) is 3.37. The Balaban J connectivity index is 1.86. The van der Waals surface area contributed by atoms with Gasteiger partial charge in [-0.3, -0.25) is 23.9 Å². The highest BCUT2D eigenvalue weighted by Gasteiger charge is 2.38. The van der Waals surface area contributed by atoms with Crippen LogP contribution in [-0.2, 0) is 15.8 Å². The first-order chi connectivity index (χ1) is 14.6. The lowest BCUT2D eigenvalue weighted by molar-refractivity contribution is -0.138. The highest BCUT2D eigenvalue weighted by atomic mass is 19.4. The Labute approximate surface area is 174 Å². The summed E-state index contributed by atoms with van der Waals surface area (Å²) in [5.41, 5.74) is 0.307. The molecular weight excluding hydrogens is 411 g/mol. The van der Waals surface area contributed by atoms with Crippen LogP contribution in [0.2, 0.25) is 0 Å². The molecule has 6 nitrogen and oxygen atoms in total. The van der Waals surface area contributed by atoms with Gasteiger partial charge < -0.3 is 5.32 Å². The Hall–Kier alpha value is -3.88. The number of benzene rings is 2. The van der Waals surface area contributed by atoms with Crippen LogP contribution in [0.25, 0.3) is 16.5 Å². The fourth-order valence-corrected chi connectivity index (χ4v) is 3.53. The van der Waals surface area contributed by atoms with E-state index >= 15 is 0 Å². The fraction of sp³-hybridized carbons (Fsp3) is 0.136. The summed E-state index contributed by atoms with van der Waals surface area (Å²) >= 11 is 0. The number of amides is 2. The zero-order chi connectivity index (χ0) is 22.5. The SMILES string of the molecule is CC(=O)n1cc(C2=C(Nc3ccc(C(F)(F)F)cc3)C(=O)N(C)C2=O)c2ccccc21. The number of aromatic nitrogens is 1. The minimum Gasteiger partial charge on any atom is -0.350 e. The van der Waals surface area contributed by atoms with E-state index in [9.17, 15) is 27.6 Å². The molecule has 2 amide bonds. The van der Waals surface area contributed by atoms with Gasteiger partial charge in [0.1, 0.15) is 5.70 Å². The van der Waals surface area contributed by atoms with E-state index < -0.39 is 23.6 Å². The molecule has 158 valence electrons. The number of nitrogens with one attached hydrogen (secondary N) is 1. The van der Waals surface area contributed by atoms with Gasteiger partial charge in [-0.2, -0.15) is 13.2 Å². The van der Waals surface area contributed by atoms with Crippen LogP contribution in [-0.4, -0.2) is 34.2 Å². The molecule has 0 atom stereocenters. The quantitative estimate of drug-likeness (QED) is 0.638. The van der Waals surface area contributed by atoms with Gasteiger partial charge in [-0.25, -0.2) is 0 Å². The molecule has 0 radical (unpaired) electrons. The molecule has 0 aliphatic carbocycles. The third-order valence-electron chi connectivity index (χ3n) is 5.09. The third-order valence-corrected chi connectivity index (χ3v) is 5.09. The lowest BCUT2D eigenvalue weighted by Crippen LogP contribution is -2.27. The van der Waals surface area contributed by atoms with Crippen LogP contribution in [0.1, 0.15) is 22.8 Å². The molecule has 0 saturated heterocycles. The Morgan fingerprint density at radius 3 is 2.23 bits per heavy atom. The summed E-state index contributed by atoms with van der Waals surface area (Å²) in [5, 5.41) is 3.38. The maximum Gasteiger partial charge on any atom is 0.416 e. The van der Waals surface area contributed by atoms with Crippen LogP contribution < -0.4 is 5.32 Å². The number of nitrogens with zero attached hydrogens (tertiary/aromatic N) is 2. The number of likely N-dealkylation sites (N-methyl/N-ethyl adjacent to an activating group) is 1. The van der Waals surface area contributed by atoms with Crippen molar-refractivity contribution in [2.24, 2.45) is 0 Å². The van der Waals surface area contributed by atoms with E-state index in [-0.39, 0.29) is 22.9 Å². The average molecular weight is 427 g/mol.